The molecule has 0 radical (unpaired) electrons. The van der Waals surface area contributed by atoms with Crippen LogP contribution in [0.3, 0.4) is 0 Å². The summed E-state index contributed by atoms with van der Waals surface area (Å²) < 4.78 is 12.6. The van der Waals surface area contributed by atoms with Gasteiger partial charge in [-0.2, -0.15) is 5.10 Å². The average molecular weight is 342 g/mol. The van der Waals surface area contributed by atoms with Crippen molar-refractivity contribution in [2.75, 3.05) is 6.79 Å². The highest BCUT2D eigenvalue weighted by Gasteiger charge is 2.23. The van der Waals surface area contributed by atoms with Crippen LogP contribution in [-0.2, 0) is 11.2 Å². The number of nitrogens with one attached hydrogen (secondary N) is 1. The number of carbonyl (C=O) groups excluding carboxylic acids is 1. The molecule has 7 heteroatoms. The lowest BCUT2D eigenvalue weighted by Gasteiger charge is -2.29. The lowest BCUT2D eigenvalue weighted by atomic mass is 9.91. The van der Waals surface area contributed by atoms with Crippen LogP contribution in [0.25, 0.3) is 0 Å². The molecule has 0 bridgehead atoms. The van der Waals surface area contributed by atoms with Crippen molar-refractivity contribution in [1.29, 1.82) is 0 Å². The number of fused-ring (bicyclic) bond motifs is 1. The van der Waals surface area contributed by atoms with Crippen LogP contribution >= 0.6 is 0 Å². The van der Waals surface area contributed by atoms with Gasteiger partial charge in [-0.05, 0) is 49.8 Å². The van der Waals surface area contributed by atoms with E-state index in [1.54, 1.807) is 12.7 Å². The highest BCUT2D eigenvalue weighted by molar-refractivity contribution is 5.76. The summed E-state index contributed by atoms with van der Waals surface area (Å²) in [6.45, 7) is 0.274. The Kier molecular flexibility index (Phi) is 4.54. The largest absolute Gasteiger partial charge is 0.454 e. The van der Waals surface area contributed by atoms with Crippen LogP contribution in [0.2, 0.25) is 0 Å². The number of hydrogen-bond acceptors (Lipinski definition) is 5. The lowest BCUT2D eigenvalue weighted by molar-refractivity contribution is -0.122. The summed E-state index contributed by atoms with van der Waals surface area (Å²) >= 11 is 0. The SMILES string of the molecule is O=C(CCc1ccc2c(c1)OCO2)NC1CCC(n2cncn2)CC1. The molecule has 132 valence electrons. The monoisotopic (exact) mass is 342 g/mol. The molecule has 7 nitrogen and oxygen atoms in total. The molecule has 0 unspecified atom stereocenters. The van der Waals surface area contributed by atoms with Crippen molar-refractivity contribution in [2.24, 2.45) is 0 Å². The quantitative estimate of drug-likeness (QED) is 0.901. The normalized spacial score (nSPS) is 21.9. The number of amides is 1. The minimum Gasteiger partial charge on any atom is -0.454 e. The van der Waals surface area contributed by atoms with Crippen molar-refractivity contribution in [2.45, 2.75) is 50.6 Å². The minimum atomic E-state index is 0.113. The molecule has 1 fully saturated rings. The van der Waals surface area contributed by atoms with Crippen molar-refractivity contribution in [3.05, 3.63) is 36.4 Å². The summed E-state index contributed by atoms with van der Waals surface area (Å²) in [5.41, 5.74) is 1.09. The molecule has 1 N–H and O–H groups in total. The Morgan fingerprint density at radius 1 is 1.20 bits per heavy atom. The number of aryl methyl sites for hydroxylation is 1. The van der Waals surface area contributed by atoms with E-state index in [1.807, 2.05) is 22.9 Å². The summed E-state index contributed by atoms with van der Waals surface area (Å²) in [7, 11) is 0. The number of carbonyl (C=O) groups is 1. The van der Waals surface area contributed by atoms with E-state index in [-0.39, 0.29) is 18.7 Å². The molecule has 1 aliphatic carbocycles. The van der Waals surface area contributed by atoms with Crippen molar-refractivity contribution >= 4 is 5.91 Å². The minimum absolute atomic E-state index is 0.113. The number of benzene rings is 1. The molecule has 25 heavy (non-hydrogen) atoms. The fourth-order valence-corrected chi connectivity index (χ4v) is 3.54. The van der Waals surface area contributed by atoms with Crippen molar-refractivity contribution in [3.63, 3.8) is 0 Å². The fraction of sp³-hybridized carbons (Fsp3) is 0.500. The van der Waals surface area contributed by atoms with Gasteiger partial charge in [0.15, 0.2) is 11.5 Å². The Morgan fingerprint density at radius 2 is 2.04 bits per heavy atom. The number of ether oxygens (including phenoxy) is 2. The third-order valence-electron chi connectivity index (χ3n) is 4.95. The maximum absolute atomic E-state index is 12.2. The Hall–Kier alpha value is -2.57. The van der Waals surface area contributed by atoms with Crippen LogP contribution < -0.4 is 14.8 Å². The molecule has 2 aliphatic rings. The van der Waals surface area contributed by atoms with Gasteiger partial charge in [0.25, 0.3) is 0 Å². The van der Waals surface area contributed by atoms with Crippen LogP contribution in [0.1, 0.15) is 43.7 Å². The van der Waals surface area contributed by atoms with Gasteiger partial charge in [-0.15, -0.1) is 0 Å². The lowest BCUT2D eigenvalue weighted by Crippen LogP contribution is -2.38. The second-order valence-corrected chi connectivity index (χ2v) is 6.64. The predicted molar refractivity (Wildman–Crippen MR) is 90.3 cm³/mol. The zero-order valence-electron chi connectivity index (χ0n) is 14.1. The summed E-state index contributed by atoms with van der Waals surface area (Å²) in [6.07, 6.45) is 8.56. The molecule has 0 spiro atoms. The summed E-state index contributed by atoms with van der Waals surface area (Å²) in [5, 5.41) is 7.38. The second-order valence-electron chi connectivity index (χ2n) is 6.64. The van der Waals surface area contributed by atoms with Gasteiger partial charge in [0.1, 0.15) is 12.7 Å². The third kappa shape index (κ3) is 3.75. The zero-order chi connectivity index (χ0) is 17.1. The van der Waals surface area contributed by atoms with Crippen LogP contribution in [0.5, 0.6) is 11.5 Å². The third-order valence-corrected chi connectivity index (χ3v) is 4.95. The molecular weight excluding hydrogens is 320 g/mol. The van der Waals surface area contributed by atoms with Gasteiger partial charge in [0, 0.05) is 12.5 Å². The van der Waals surface area contributed by atoms with E-state index in [0.717, 1.165) is 42.7 Å². The topological polar surface area (TPSA) is 78.3 Å². The number of hydrogen-bond donors (Lipinski definition) is 1. The number of rotatable bonds is 5. The predicted octanol–water partition coefficient (Wildman–Crippen LogP) is 2.24. The van der Waals surface area contributed by atoms with E-state index in [4.69, 9.17) is 9.47 Å². The van der Waals surface area contributed by atoms with Gasteiger partial charge >= 0.3 is 0 Å². The maximum Gasteiger partial charge on any atom is 0.231 e. The molecule has 2 aromatic rings. The summed E-state index contributed by atoms with van der Waals surface area (Å²) in [5.74, 6) is 1.66. The molecule has 0 atom stereocenters. The Labute approximate surface area is 146 Å². The Balaban J connectivity index is 1.22. The number of aromatic nitrogens is 3. The standard InChI is InChI=1S/C18H22N4O3/c23-18(8-2-13-1-7-16-17(9-13)25-12-24-16)21-14-3-5-15(6-4-14)22-11-19-10-20-22/h1,7,9-11,14-15H,2-6,8,12H2,(H,21,23). The average Bonchev–Trinajstić information content (AvgIpc) is 3.32. The van der Waals surface area contributed by atoms with Crippen LogP contribution in [0.4, 0.5) is 0 Å². The highest BCUT2D eigenvalue weighted by atomic mass is 16.7. The summed E-state index contributed by atoms with van der Waals surface area (Å²) in [4.78, 5) is 16.2. The van der Waals surface area contributed by atoms with Gasteiger partial charge in [0.2, 0.25) is 12.7 Å². The Morgan fingerprint density at radius 3 is 2.84 bits per heavy atom. The van der Waals surface area contributed by atoms with Gasteiger partial charge in [-0.1, -0.05) is 6.07 Å². The second kappa shape index (κ2) is 7.13. The Bertz CT molecular complexity index is 724. The van der Waals surface area contributed by atoms with Crippen LogP contribution in [0.15, 0.2) is 30.9 Å². The van der Waals surface area contributed by atoms with Crippen molar-refractivity contribution in [3.8, 4) is 11.5 Å². The van der Waals surface area contributed by atoms with Crippen molar-refractivity contribution < 1.29 is 14.3 Å². The first kappa shape index (κ1) is 15.9. The molecule has 0 saturated heterocycles. The van der Waals surface area contributed by atoms with E-state index in [0.29, 0.717) is 18.9 Å². The van der Waals surface area contributed by atoms with Crippen molar-refractivity contribution in [1.82, 2.24) is 20.1 Å². The summed E-state index contributed by atoms with van der Waals surface area (Å²) in [6, 6.07) is 6.53. The molecule has 1 aromatic heterocycles. The van der Waals surface area contributed by atoms with Gasteiger partial charge in [0.05, 0.1) is 6.04 Å². The van der Waals surface area contributed by atoms with E-state index < -0.39 is 0 Å². The van der Waals surface area contributed by atoms with Gasteiger partial charge in [-0.3, -0.25) is 4.79 Å². The molecule has 1 aromatic carbocycles. The van der Waals surface area contributed by atoms with E-state index in [1.165, 1.54) is 0 Å². The zero-order valence-corrected chi connectivity index (χ0v) is 14.1. The number of nitrogens with zero attached hydrogens (tertiary/aromatic N) is 3. The molecule has 2 heterocycles. The first-order valence-electron chi connectivity index (χ1n) is 8.80. The first-order chi connectivity index (χ1) is 12.3. The highest BCUT2D eigenvalue weighted by Crippen LogP contribution is 2.33. The van der Waals surface area contributed by atoms with Crippen LogP contribution in [-0.4, -0.2) is 33.5 Å². The molecule has 1 saturated carbocycles. The first-order valence-corrected chi connectivity index (χ1v) is 8.80. The molecule has 1 amide bonds. The smallest absolute Gasteiger partial charge is 0.231 e. The molecular formula is C18H22N4O3. The fourth-order valence-electron chi connectivity index (χ4n) is 3.54. The van der Waals surface area contributed by atoms with Crippen LogP contribution in [0, 0.1) is 0 Å². The van der Waals surface area contributed by atoms with E-state index in [9.17, 15) is 4.79 Å². The van der Waals surface area contributed by atoms with Gasteiger partial charge < -0.3 is 14.8 Å². The van der Waals surface area contributed by atoms with E-state index >= 15 is 0 Å². The molecule has 1 aliphatic heterocycles. The van der Waals surface area contributed by atoms with Gasteiger partial charge in [-0.25, -0.2) is 9.67 Å². The molecule has 4 rings (SSSR count). The van der Waals surface area contributed by atoms with E-state index in [2.05, 4.69) is 15.4 Å². The maximum atomic E-state index is 12.2.